The maximum Gasteiger partial charge on any atom is 0.0424 e. The third kappa shape index (κ3) is 1.12. The van der Waals surface area contributed by atoms with E-state index in [2.05, 4.69) is 54.7 Å². The van der Waals surface area contributed by atoms with Crippen molar-refractivity contribution in [1.29, 1.82) is 0 Å². The molecule has 1 atom stereocenters. The summed E-state index contributed by atoms with van der Waals surface area (Å²) < 4.78 is 0. The van der Waals surface area contributed by atoms with Gasteiger partial charge in [0.1, 0.15) is 0 Å². The molecular formula is C17H17N. The second kappa shape index (κ2) is 3.38. The first-order chi connectivity index (χ1) is 8.81. The Kier molecular flexibility index (Phi) is 1.91. The molecule has 0 spiro atoms. The van der Waals surface area contributed by atoms with Crippen LogP contribution in [0.15, 0.2) is 53.3 Å². The molecule has 4 rings (SSSR count). The molecule has 3 aliphatic rings. The van der Waals surface area contributed by atoms with E-state index in [4.69, 9.17) is 0 Å². The first-order valence-electron chi connectivity index (χ1n) is 6.75. The Labute approximate surface area is 108 Å². The zero-order valence-electron chi connectivity index (χ0n) is 10.7. The number of benzene rings is 1. The molecule has 1 aliphatic heterocycles. The summed E-state index contributed by atoms with van der Waals surface area (Å²) in [7, 11) is 0. The molecule has 2 bridgehead atoms. The van der Waals surface area contributed by atoms with Crippen LogP contribution in [0.5, 0.6) is 0 Å². The average molecular weight is 235 g/mol. The predicted octanol–water partition coefficient (Wildman–Crippen LogP) is 3.55. The fourth-order valence-corrected chi connectivity index (χ4v) is 3.83. The predicted molar refractivity (Wildman–Crippen MR) is 75.2 cm³/mol. The molecule has 1 aromatic carbocycles. The lowest BCUT2D eigenvalue weighted by molar-refractivity contribution is 0.488. The van der Waals surface area contributed by atoms with Crippen molar-refractivity contribution in [2.75, 3.05) is 6.54 Å². The zero-order chi connectivity index (χ0) is 12.2. The maximum absolute atomic E-state index is 3.59. The number of fused-ring (bicyclic) bond motifs is 1. The fourth-order valence-electron chi connectivity index (χ4n) is 3.83. The lowest BCUT2D eigenvalue weighted by Gasteiger charge is -2.46. The monoisotopic (exact) mass is 235 g/mol. The van der Waals surface area contributed by atoms with E-state index < -0.39 is 0 Å². The van der Waals surface area contributed by atoms with E-state index in [1.165, 1.54) is 34.4 Å². The average Bonchev–Trinajstić information content (AvgIpc) is 2.39. The fraction of sp³-hybridized carbons (Fsp3) is 0.294. The minimum absolute atomic E-state index is 0.147. The molecule has 0 amide bonds. The molecule has 1 unspecified atom stereocenters. The number of allylic oxidation sites excluding steroid dienone is 4. The molecule has 18 heavy (non-hydrogen) atoms. The van der Waals surface area contributed by atoms with Crippen molar-refractivity contribution < 1.29 is 0 Å². The number of rotatable bonds is 0. The van der Waals surface area contributed by atoms with Crippen molar-refractivity contribution >= 4 is 6.08 Å². The minimum atomic E-state index is 0.147. The van der Waals surface area contributed by atoms with Gasteiger partial charge in [0.05, 0.1) is 0 Å². The number of hydrogen-bond acceptors (Lipinski definition) is 1. The highest BCUT2D eigenvalue weighted by Crippen LogP contribution is 2.51. The summed E-state index contributed by atoms with van der Waals surface area (Å²) in [6, 6.07) is 8.84. The molecule has 1 fully saturated rings. The first-order valence-corrected chi connectivity index (χ1v) is 6.75. The Balaban J connectivity index is 2.10. The van der Waals surface area contributed by atoms with Crippen LogP contribution in [0, 0.1) is 0 Å². The Morgan fingerprint density at radius 1 is 1.22 bits per heavy atom. The van der Waals surface area contributed by atoms with Crippen LogP contribution in [-0.4, -0.2) is 6.54 Å². The van der Waals surface area contributed by atoms with Gasteiger partial charge in [-0.1, -0.05) is 42.0 Å². The highest BCUT2D eigenvalue weighted by atomic mass is 14.9. The summed E-state index contributed by atoms with van der Waals surface area (Å²) in [5, 5.41) is 3.59. The van der Waals surface area contributed by atoms with Gasteiger partial charge in [0.2, 0.25) is 0 Å². The Hall–Kier alpha value is -1.76. The van der Waals surface area contributed by atoms with Crippen LogP contribution in [0.25, 0.3) is 6.08 Å². The van der Waals surface area contributed by atoms with E-state index in [0.29, 0.717) is 0 Å². The van der Waals surface area contributed by atoms with Gasteiger partial charge in [-0.2, -0.15) is 0 Å². The molecule has 1 nitrogen and oxygen atoms in total. The third-order valence-corrected chi connectivity index (χ3v) is 4.54. The second-order valence-electron chi connectivity index (χ2n) is 5.56. The summed E-state index contributed by atoms with van der Waals surface area (Å²) >= 11 is 0. The summed E-state index contributed by atoms with van der Waals surface area (Å²) in [5.74, 6) is 0. The SMILES string of the molecule is CC1=C2C3=Cc4ccccc4C2(C=CC1)CCN3. The maximum atomic E-state index is 3.59. The minimum Gasteiger partial charge on any atom is -0.385 e. The highest BCUT2D eigenvalue weighted by molar-refractivity contribution is 5.74. The van der Waals surface area contributed by atoms with Crippen molar-refractivity contribution in [3.8, 4) is 0 Å². The van der Waals surface area contributed by atoms with E-state index in [9.17, 15) is 0 Å². The van der Waals surface area contributed by atoms with Crippen molar-refractivity contribution in [2.45, 2.75) is 25.2 Å². The van der Waals surface area contributed by atoms with Crippen LogP contribution in [-0.2, 0) is 5.41 Å². The van der Waals surface area contributed by atoms with Crippen LogP contribution in [0.2, 0.25) is 0 Å². The topological polar surface area (TPSA) is 12.0 Å². The lowest BCUT2D eigenvalue weighted by Crippen LogP contribution is -2.43. The van der Waals surface area contributed by atoms with Gasteiger partial charge in [-0.25, -0.2) is 0 Å². The van der Waals surface area contributed by atoms with E-state index >= 15 is 0 Å². The van der Waals surface area contributed by atoms with Crippen molar-refractivity contribution in [3.05, 3.63) is 64.4 Å². The van der Waals surface area contributed by atoms with Gasteiger partial charge in [-0.05, 0) is 42.5 Å². The third-order valence-electron chi connectivity index (χ3n) is 4.54. The molecule has 0 radical (unpaired) electrons. The normalized spacial score (nSPS) is 28.2. The Bertz CT molecular complexity index is 618. The van der Waals surface area contributed by atoms with Crippen molar-refractivity contribution in [1.82, 2.24) is 5.32 Å². The van der Waals surface area contributed by atoms with Gasteiger partial charge in [-0.3, -0.25) is 0 Å². The van der Waals surface area contributed by atoms with Gasteiger partial charge in [-0.15, -0.1) is 0 Å². The molecule has 0 aromatic heterocycles. The number of nitrogens with one attached hydrogen (secondary N) is 1. The quantitative estimate of drug-likeness (QED) is 0.678. The molecule has 1 heteroatoms. The van der Waals surface area contributed by atoms with Crippen LogP contribution in [0.4, 0.5) is 0 Å². The van der Waals surface area contributed by atoms with Crippen molar-refractivity contribution in [2.24, 2.45) is 0 Å². The highest BCUT2D eigenvalue weighted by Gasteiger charge is 2.43. The first kappa shape index (κ1) is 10.2. The standard InChI is InChI=1S/C17H17N/c1-12-5-4-8-17-9-10-18-15(16(12)17)11-13-6-2-3-7-14(13)17/h2-4,6-8,11,18H,5,9-10H2,1H3. The smallest absolute Gasteiger partial charge is 0.0424 e. The summed E-state index contributed by atoms with van der Waals surface area (Å²) in [5.41, 5.74) is 7.42. The molecule has 1 N–H and O–H groups in total. The summed E-state index contributed by atoms with van der Waals surface area (Å²) in [6.45, 7) is 3.35. The molecule has 0 saturated carbocycles. The van der Waals surface area contributed by atoms with E-state index in [1.807, 2.05) is 0 Å². The largest absolute Gasteiger partial charge is 0.385 e. The van der Waals surface area contributed by atoms with E-state index in [1.54, 1.807) is 0 Å². The van der Waals surface area contributed by atoms with Gasteiger partial charge in [0, 0.05) is 17.7 Å². The van der Waals surface area contributed by atoms with Crippen LogP contribution < -0.4 is 5.32 Å². The van der Waals surface area contributed by atoms with Gasteiger partial charge in [0.15, 0.2) is 0 Å². The van der Waals surface area contributed by atoms with Crippen molar-refractivity contribution in [3.63, 3.8) is 0 Å². The number of piperidine rings is 1. The molecule has 2 aliphatic carbocycles. The van der Waals surface area contributed by atoms with E-state index in [0.717, 1.165) is 13.0 Å². The Morgan fingerprint density at radius 2 is 2.11 bits per heavy atom. The van der Waals surface area contributed by atoms with Gasteiger partial charge in [0.25, 0.3) is 0 Å². The lowest BCUT2D eigenvalue weighted by atomic mass is 9.61. The second-order valence-corrected chi connectivity index (χ2v) is 5.56. The number of hydrogen-bond donors (Lipinski definition) is 1. The molecule has 90 valence electrons. The summed E-state index contributed by atoms with van der Waals surface area (Å²) in [4.78, 5) is 0. The summed E-state index contributed by atoms with van der Waals surface area (Å²) in [6.07, 6.45) is 9.39. The van der Waals surface area contributed by atoms with Crippen LogP contribution >= 0.6 is 0 Å². The van der Waals surface area contributed by atoms with Crippen LogP contribution in [0.1, 0.15) is 30.9 Å². The van der Waals surface area contributed by atoms with Gasteiger partial charge < -0.3 is 5.32 Å². The molecule has 1 saturated heterocycles. The molecular weight excluding hydrogens is 218 g/mol. The van der Waals surface area contributed by atoms with E-state index in [-0.39, 0.29) is 5.41 Å². The Morgan fingerprint density at radius 3 is 3.06 bits per heavy atom. The molecule has 1 aromatic rings. The molecule has 1 heterocycles. The van der Waals surface area contributed by atoms with Crippen LogP contribution in [0.3, 0.4) is 0 Å². The zero-order valence-corrected chi connectivity index (χ0v) is 10.7. The van der Waals surface area contributed by atoms with Gasteiger partial charge >= 0.3 is 0 Å².